The summed E-state index contributed by atoms with van der Waals surface area (Å²) in [6.07, 6.45) is 0. The quantitative estimate of drug-likeness (QED) is 0.327. The summed E-state index contributed by atoms with van der Waals surface area (Å²) in [7, 11) is -3.71. The highest BCUT2D eigenvalue weighted by Gasteiger charge is 2.17. The average Bonchev–Trinajstić information content (AvgIpc) is 3.09. The number of benzene rings is 3. The van der Waals surface area contributed by atoms with Gasteiger partial charge in [-0.05, 0) is 47.4 Å². The number of fused-ring (bicyclic) bond motifs is 1. The van der Waals surface area contributed by atoms with Crippen molar-refractivity contribution in [1.82, 2.24) is 14.3 Å². The van der Waals surface area contributed by atoms with Crippen molar-refractivity contribution in [2.24, 2.45) is 0 Å². The van der Waals surface area contributed by atoms with Crippen molar-refractivity contribution in [3.8, 4) is 17.2 Å². The number of sulfonamides is 1. The SMILES string of the molecule is CC(C)c1ccc(S(=O)(=O)NCc2ccc3c(c2)[nH]c(=O)n3-c2cc(Cl)c(O)cc2O)cc1. The second-order valence-corrected chi connectivity index (χ2v) is 10.1. The van der Waals surface area contributed by atoms with Crippen molar-refractivity contribution in [1.29, 1.82) is 0 Å². The monoisotopic (exact) mass is 487 g/mol. The van der Waals surface area contributed by atoms with E-state index in [-0.39, 0.29) is 33.6 Å². The number of hydrogen-bond donors (Lipinski definition) is 4. The minimum absolute atomic E-state index is 0.0171. The maximum absolute atomic E-state index is 12.7. The van der Waals surface area contributed by atoms with Gasteiger partial charge in [-0.2, -0.15) is 0 Å². The summed E-state index contributed by atoms with van der Waals surface area (Å²) in [5.74, 6) is -0.324. The Kier molecular flexibility index (Phi) is 5.96. The fourth-order valence-electron chi connectivity index (χ4n) is 3.52. The van der Waals surface area contributed by atoms with E-state index in [2.05, 4.69) is 9.71 Å². The van der Waals surface area contributed by atoms with Gasteiger partial charge in [-0.1, -0.05) is 43.6 Å². The molecule has 0 aliphatic heterocycles. The summed E-state index contributed by atoms with van der Waals surface area (Å²) in [5, 5.41) is 19.8. The van der Waals surface area contributed by atoms with Crippen LogP contribution in [0, 0.1) is 0 Å². The van der Waals surface area contributed by atoms with E-state index >= 15 is 0 Å². The van der Waals surface area contributed by atoms with Crippen LogP contribution in [0.1, 0.15) is 30.9 Å². The summed E-state index contributed by atoms with van der Waals surface area (Å²) < 4.78 is 29.1. The van der Waals surface area contributed by atoms with Crippen molar-refractivity contribution in [2.45, 2.75) is 31.2 Å². The summed E-state index contributed by atoms with van der Waals surface area (Å²) >= 11 is 5.94. The van der Waals surface area contributed by atoms with Gasteiger partial charge in [0.15, 0.2) is 0 Å². The van der Waals surface area contributed by atoms with Crippen LogP contribution in [0.5, 0.6) is 11.5 Å². The van der Waals surface area contributed by atoms with E-state index in [4.69, 9.17) is 11.6 Å². The fraction of sp³-hybridized carbons (Fsp3) is 0.174. The van der Waals surface area contributed by atoms with Gasteiger partial charge in [0.25, 0.3) is 0 Å². The first-order valence-corrected chi connectivity index (χ1v) is 12.0. The maximum atomic E-state index is 12.7. The lowest BCUT2D eigenvalue weighted by Crippen LogP contribution is -2.23. The van der Waals surface area contributed by atoms with E-state index in [9.17, 15) is 23.4 Å². The third-order valence-corrected chi connectivity index (χ3v) is 7.07. The molecule has 3 aromatic carbocycles. The standard InChI is InChI=1S/C23H22ClN3O5S/c1-13(2)15-4-6-16(7-5-15)33(31,32)25-12-14-3-8-19-18(9-14)26-23(30)27(19)20-10-17(24)21(28)11-22(20)29/h3-11,13,25,28-29H,12H2,1-2H3,(H,26,30). The molecule has 0 bridgehead atoms. The molecule has 0 aliphatic carbocycles. The third kappa shape index (κ3) is 4.47. The molecule has 4 rings (SSSR count). The summed E-state index contributed by atoms with van der Waals surface area (Å²) in [6.45, 7) is 4.09. The number of nitrogens with zero attached hydrogens (tertiary/aromatic N) is 1. The molecule has 0 unspecified atom stereocenters. The first kappa shape index (κ1) is 22.9. The molecule has 0 spiro atoms. The number of halogens is 1. The van der Waals surface area contributed by atoms with Crippen molar-refractivity contribution < 1.29 is 18.6 Å². The maximum Gasteiger partial charge on any atom is 0.331 e. The predicted molar refractivity (Wildman–Crippen MR) is 127 cm³/mol. The largest absolute Gasteiger partial charge is 0.506 e. The van der Waals surface area contributed by atoms with Crippen LogP contribution in [0.2, 0.25) is 5.02 Å². The highest BCUT2D eigenvalue weighted by Crippen LogP contribution is 2.34. The van der Waals surface area contributed by atoms with Crippen LogP contribution in [0.3, 0.4) is 0 Å². The van der Waals surface area contributed by atoms with Gasteiger partial charge in [0.2, 0.25) is 10.0 Å². The average molecular weight is 488 g/mol. The molecule has 8 nitrogen and oxygen atoms in total. The Balaban J connectivity index is 1.61. The molecule has 0 aliphatic rings. The Morgan fingerprint density at radius 1 is 1.03 bits per heavy atom. The zero-order chi connectivity index (χ0) is 23.9. The Hall–Kier alpha value is -3.27. The first-order valence-electron chi connectivity index (χ1n) is 10.1. The van der Waals surface area contributed by atoms with Gasteiger partial charge in [-0.3, -0.25) is 4.57 Å². The van der Waals surface area contributed by atoms with Crippen LogP contribution in [-0.4, -0.2) is 28.2 Å². The lowest BCUT2D eigenvalue weighted by molar-refractivity contribution is 0.449. The second kappa shape index (κ2) is 8.58. The molecule has 0 atom stereocenters. The molecule has 4 aromatic rings. The molecule has 0 amide bonds. The third-order valence-electron chi connectivity index (χ3n) is 5.35. The molecule has 0 saturated carbocycles. The fourth-order valence-corrected chi connectivity index (χ4v) is 4.70. The van der Waals surface area contributed by atoms with Crippen LogP contribution >= 0.6 is 11.6 Å². The van der Waals surface area contributed by atoms with Gasteiger partial charge < -0.3 is 15.2 Å². The van der Waals surface area contributed by atoms with E-state index in [1.165, 1.54) is 10.6 Å². The highest BCUT2D eigenvalue weighted by atomic mass is 35.5. The lowest BCUT2D eigenvalue weighted by atomic mass is 10.0. The molecule has 4 N–H and O–H groups in total. The number of phenols is 2. The van der Waals surface area contributed by atoms with Crippen molar-refractivity contribution >= 4 is 32.7 Å². The minimum atomic E-state index is -3.71. The summed E-state index contributed by atoms with van der Waals surface area (Å²) in [4.78, 5) is 15.4. The summed E-state index contributed by atoms with van der Waals surface area (Å²) in [6, 6.07) is 14.0. The smallest absolute Gasteiger partial charge is 0.331 e. The Bertz CT molecular complexity index is 1510. The van der Waals surface area contributed by atoms with E-state index < -0.39 is 15.7 Å². The van der Waals surface area contributed by atoms with Crippen molar-refractivity contribution in [3.63, 3.8) is 0 Å². The van der Waals surface area contributed by atoms with Gasteiger partial charge in [0, 0.05) is 12.6 Å². The molecule has 33 heavy (non-hydrogen) atoms. The van der Waals surface area contributed by atoms with Crippen molar-refractivity contribution in [3.05, 3.63) is 81.2 Å². The van der Waals surface area contributed by atoms with Gasteiger partial charge in [0.1, 0.15) is 11.5 Å². The number of rotatable bonds is 6. The topological polar surface area (TPSA) is 124 Å². The van der Waals surface area contributed by atoms with Gasteiger partial charge in [-0.15, -0.1) is 0 Å². The van der Waals surface area contributed by atoms with Crippen LogP contribution in [0.4, 0.5) is 0 Å². The molecule has 172 valence electrons. The zero-order valence-corrected chi connectivity index (χ0v) is 19.4. The normalized spacial score (nSPS) is 12.0. The van der Waals surface area contributed by atoms with Crippen LogP contribution < -0.4 is 10.4 Å². The molecule has 1 heterocycles. The number of H-pyrrole nitrogens is 1. The van der Waals surface area contributed by atoms with Gasteiger partial charge in [-0.25, -0.2) is 17.9 Å². The molecule has 0 fully saturated rings. The van der Waals surface area contributed by atoms with Crippen molar-refractivity contribution in [2.75, 3.05) is 0 Å². The number of imidazole rings is 1. The van der Waals surface area contributed by atoms with E-state index in [0.29, 0.717) is 22.5 Å². The number of aromatic amines is 1. The van der Waals surface area contributed by atoms with E-state index in [0.717, 1.165) is 11.6 Å². The van der Waals surface area contributed by atoms with E-state index in [1.807, 2.05) is 13.8 Å². The number of aromatic nitrogens is 2. The Labute approximate surface area is 195 Å². The number of phenolic OH excluding ortho intramolecular Hbond substituents is 2. The Morgan fingerprint density at radius 3 is 2.39 bits per heavy atom. The minimum Gasteiger partial charge on any atom is -0.506 e. The van der Waals surface area contributed by atoms with Gasteiger partial charge >= 0.3 is 5.69 Å². The molecule has 1 aromatic heterocycles. The van der Waals surface area contributed by atoms with Gasteiger partial charge in [0.05, 0.1) is 26.6 Å². The zero-order valence-electron chi connectivity index (χ0n) is 17.8. The van der Waals surface area contributed by atoms with E-state index in [1.54, 1.807) is 42.5 Å². The molecule has 10 heteroatoms. The highest BCUT2D eigenvalue weighted by molar-refractivity contribution is 7.89. The molecule has 0 radical (unpaired) electrons. The number of hydrogen-bond acceptors (Lipinski definition) is 5. The lowest BCUT2D eigenvalue weighted by Gasteiger charge is -2.10. The molecular formula is C23H22ClN3O5S. The Morgan fingerprint density at radius 2 is 1.73 bits per heavy atom. The number of aromatic hydroxyl groups is 2. The number of nitrogens with one attached hydrogen (secondary N) is 2. The first-order chi connectivity index (χ1) is 15.6. The van der Waals surface area contributed by atoms with Crippen LogP contribution in [0.25, 0.3) is 16.7 Å². The van der Waals surface area contributed by atoms with Crippen LogP contribution in [0.15, 0.2) is 64.3 Å². The second-order valence-electron chi connectivity index (χ2n) is 7.96. The molecular weight excluding hydrogens is 466 g/mol. The predicted octanol–water partition coefficient (Wildman–Crippen LogP) is 3.99. The van der Waals surface area contributed by atoms with Crippen LogP contribution in [-0.2, 0) is 16.6 Å². The molecule has 0 saturated heterocycles. The summed E-state index contributed by atoms with van der Waals surface area (Å²) in [5.41, 5.74) is 2.16.